The molecule has 0 aliphatic carbocycles. The lowest BCUT2D eigenvalue weighted by molar-refractivity contribution is -0.0514. The summed E-state index contributed by atoms with van der Waals surface area (Å²) in [4.78, 5) is 4.56. The van der Waals surface area contributed by atoms with Crippen LogP contribution in [0.25, 0.3) is 0 Å². The molecular weight excluding hydrogens is 408 g/mol. The highest BCUT2D eigenvalue weighted by Crippen LogP contribution is 2.30. The van der Waals surface area contributed by atoms with Crippen LogP contribution in [0.4, 0.5) is 8.78 Å². The molecular formula is C22H35F2N3O4. The Morgan fingerprint density at radius 1 is 1.19 bits per heavy atom. The Hall–Kier alpha value is -2.13. The molecule has 0 radical (unpaired) electrons. The van der Waals surface area contributed by atoms with Gasteiger partial charge < -0.3 is 29.6 Å². The maximum absolute atomic E-state index is 12.5. The molecule has 2 rings (SSSR count). The lowest BCUT2D eigenvalue weighted by atomic mass is 10.0. The van der Waals surface area contributed by atoms with Gasteiger partial charge in [0.05, 0.1) is 13.2 Å². The standard InChI is InChI=1S/C22H35F2N3O4/c1-3-25-22(26-10-5-11-29-16-17-8-12-28-13-9-17)27-15-18-6-7-19(31-21(23)24)20(14-18)30-4-2/h6-7,14,17,21H,3-5,8-13,15-16H2,1-2H3,(H2,25,26,27). The zero-order valence-corrected chi connectivity index (χ0v) is 18.5. The molecule has 1 aromatic carbocycles. The van der Waals surface area contributed by atoms with Crippen molar-refractivity contribution in [3.63, 3.8) is 0 Å². The van der Waals surface area contributed by atoms with E-state index in [1.165, 1.54) is 6.07 Å². The minimum atomic E-state index is -2.90. The number of guanidine groups is 1. The first kappa shape index (κ1) is 25.1. The Morgan fingerprint density at radius 3 is 2.71 bits per heavy atom. The molecule has 7 nitrogen and oxygen atoms in total. The van der Waals surface area contributed by atoms with Crippen molar-refractivity contribution in [1.29, 1.82) is 0 Å². The molecule has 9 heteroatoms. The third kappa shape index (κ3) is 10.1. The predicted molar refractivity (Wildman–Crippen MR) is 116 cm³/mol. The van der Waals surface area contributed by atoms with E-state index in [2.05, 4.69) is 20.4 Å². The molecule has 1 aliphatic heterocycles. The summed E-state index contributed by atoms with van der Waals surface area (Å²) in [6, 6.07) is 4.87. The van der Waals surface area contributed by atoms with Crippen molar-refractivity contribution in [2.75, 3.05) is 46.1 Å². The van der Waals surface area contributed by atoms with Gasteiger partial charge >= 0.3 is 6.61 Å². The van der Waals surface area contributed by atoms with Crippen LogP contribution in [0.1, 0.15) is 38.7 Å². The average molecular weight is 444 g/mol. The molecule has 0 unspecified atom stereocenters. The maximum Gasteiger partial charge on any atom is 0.387 e. The van der Waals surface area contributed by atoms with Crippen LogP contribution in [0.15, 0.2) is 23.2 Å². The Balaban J connectivity index is 1.78. The van der Waals surface area contributed by atoms with Crippen molar-refractivity contribution >= 4 is 5.96 Å². The molecule has 1 aliphatic rings. The minimum absolute atomic E-state index is 0.0235. The summed E-state index contributed by atoms with van der Waals surface area (Å²) in [6.07, 6.45) is 3.03. The summed E-state index contributed by atoms with van der Waals surface area (Å²) < 4.78 is 46.1. The van der Waals surface area contributed by atoms with Crippen LogP contribution in [0.2, 0.25) is 0 Å². The van der Waals surface area contributed by atoms with Crippen LogP contribution < -0.4 is 20.1 Å². The number of nitrogens with zero attached hydrogens (tertiary/aromatic N) is 1. The number of nitrogens with one attached hydrogen (secondary N) is 2. The summed E-state index contributed by atoms with van der Waals surface area (Å²) in [6.45, 7) is 6.28. The number of ether oxygens (including phenoxy) is 4. The number of rotatable bonds is 13. The minimum Gasteiger partial charge on any atom is -0.490 e. The summed E-state index contributed by atoms with van der Waals surface area (Å²) in [5.74, 6) is 1.61. The van der Waals surface area contributed by atoms with Crippen molar-refractivity contribution in [3.8, 4) is 11.5 Å². The SMILES string of the molecule is CCNC(=NCc1ccc(OC(F)F)c(OCC)c1)NCCCOCC1CCOCC1. The second-order valence-electron chi connectivity index (χ2n) is 7.20. The van der Waals surface area contributed by atoms with E-state index in [9.17, 15) is 8.78 Å². The maximum atomic E-state index is 12.5. The van der Waals surface area contributed by atoms with E-state index in [0.717, 1.165) is 57.7 Å². The van der Waals surface area contributed by atoms with Gasteiger partial charge in [0.25, 0.3) is 0 Å². The number of benzene rings is 1. The number of hydrogen-bond donors (Lipinski definition) is 2. The first-order valence-electron chi connectivity index (χ1n) is 11.0. The third-order valence-corrected chi connectivity index (χ3v) is 4.74. The first-order chi connectivity index (χ1) is 15.1. The Labute approximate surface area is 183 Å². The third-order valence-electron chi connectivity index (χ3n) is 4.74. The van der Waals surface area contributed by atoms with Gasteiger partial charge in [0.2, 0.25) is 0 Å². The molecule has 0 amide bonds. The number of aliphatic imine (C=N–C) groups is 1. The van der Waals surface area contributed by atoms with Gasteiger partial charge in [-0.15, -0.1) is 0 Å². The normalized spacial score (nSPS) is 15.2. The van der Waals surface area contributed by atoms with E-state index in [1.807, 2.05) is 6.92 Å². The monoisotopic (exact) mass is 443 g/mol. The largest absolute Gasteiger partial charge is 0.490 e. The molecule has 0 spiro atoms. The fourth-order valence-electron chi connectivity index (χ4n) is 3.17. The summed E-state index contributed by atoms with van der Waals surface area (Å²) >= 11 is 0. The molecule has 0 saturated carbocycles. The molecule has 0 bridgehead atoms. The molecule has 1 fully saturated rings. The van der Waals surface area contributed by atoms with Gasteiger partial charge in [-0.3, -0.25) is 0 Å². The fraction of sp³-hybridized carbons (Fsp3) is 0.682. The van der Waals surface area contributed by atoms with Gasteiger partial charge in [-0.1, -0.05) is 6.07 Å². The molecule has 176 valence electrons. The number of alkyl halides is 2. The molecule has 1 aromatic rings. The van der Waals surface area contributed by atoms with E-state index >= 15 is 0 Å². The molecule has 1 saturated heterocycles. The zero-order chi connectivity index (χ0) is 22.3. The Bertz CT molecular complexity index is 656. The van der Waals surface area contributed by atoms with E-state index < -0.39 is 6.61 Å². The van der Waals surface area contributed by atoms with Gasteiger partial charge in [0.15, 0.2) is 17.5 Å². The van der Waals surface area contributed by atoms with Crippen molar-refractivity contribution in [3.05, 3.63) is 23.8 Å². The van der Waals surface area contributed by atoms with Gasteiger partial charge in [0, 0.05) is 39.5 Å². The average Bonchev–Trinajstić information content (AvgIpc) is 2.76. The van der Waals surface area contributed by atoms with Gasteiger partial charge in [-0.05, 0) is 56.7 Å². The van der Waals surface area contributed by atoms with Crippen LogP contribution in [0.5, 0.6) is 11.5 Å². The molecule has 0 aromatic heterocycles. The molecule has 1 heterocycles. The van der Waals surface area contributed by atoms with Crippen LogP contribution in [-0.4, -0.2) is 58.7 Å². The quantitative estimate of drug-likeness (QED) is 0.276. The second kappa shape index (κ2) is 14.8. The lowest BCUT2D eigenvalue weighted by Gasteiger charge is -2.21. The lowest BCUT2D eigenvalue weighted by Crippen LogP contribution is -2.38. The highest BCUT2D eigenvalue weighted by atomic mass is 19.3. The van der Waals surface area contributed by atoms with Gasteiger partial charge in [-0.2, -0.15) is 8.78 Å². The van der Waals surface area contributed by atoms with Crippen molar-refractivity contribution in [1.82, 2.24) is 10.6 Å². The predicted octanol–water partition coefficient (Wildman–Crippen LogP) is 3.58. The van der Waals surface area contributed by atoms with E-state index in [-0.39, 0.29) is 11.5 Å². The van der Waals surface area contributed by atoms with Crippen LogP contribution in [0.3, 0.4) is 0 Å². The van der Waals surface area contributed by atoms with E-state index in [1.54, 1.807) is 19.1 Å². The van der Waals surface area contributed by atoms with Crippen LogP contribution in [-0.2, 0) is 16.0 Å². The smallest absolute Gasteiger partial charge is 0.387 e. The Kier molecular flexibility index (Phi) is 12.0. The summed E-state index contributed by atoms with van der Waals surface area (Å²) in [5.41, 5.74) is 0.835. The van der Waals surface area contributed by atoms with Crippen molar-refractivity contribution in [2.45, 2.75) is 46.3 Å². The van der Waals surface area contributed by atoms with Crippen LogP contribution in [0, 0.1) is 5.92 Å². The number of halogens is 2. The van der Waals surface area contributed by atoms with Crippen LogP contribution >= 0.6 is 0 Å². The molecule has 31 heavy (non-hydrogen) atoms. The second-order valence-corrected chi connectivity index (χ2v) is 7.20. The zero-order valence-electron chi connectivity index (χ0n) is 18.5. The van der Waals surface area contributed by atoms with Gasteiger partial charge in [0.1, 0.15) is 0 Å². The summed E-state index contributed by atoms with van der Waals surface area (Å²) in [5, 5.41) is 6.49. The van der Waals surface area contributed by atoms with Gasteiger partial charge in [-0.25, -0.2) is 4.99 Å². The highest BCUT2D eigenvalue weighted by Gasteiger charge is 2.13. The fourth-order valence-corrected chi connectivity index (χ4v) is 3.17. The highest BCUT2D eigenvalue weighted by molar-refractivity contribution is 5.79. The molecule has 0 atom stereocenters. The van der Waals surface area contributed by atoms with Crippen molar-refractivity contribution in [2.24, 2.45) is 10.9 Å². The molecule has 2 N–H and O–H groups in total. The van der Waals surface area contributed by atoms with Crippen molar-refractivity contribution < 1.29 is 27.7 Å². The first-order valence-corrected chi connectivity index (χ1v) is 11.0. The topological polar surface area (TPSA) is 73.3 Å². The number of hydrogen-bond acceptors (Lipinski definition) is 5. The summed E-state index contributed by atoms with van der Waals surface area (Å²) in [7, 11) is 0. The van der Waals surface area contributed by atoms with E-state index in [4.69, 9.17) is 14.2 Å². The Morgan fingerprint density at radius 2 is 2.00 bits per heavy atom. The van der Waals surface area contributed by atoms with E-state index in [0.29, 0.717) is 31.6 Å².